The van der Waals surface area contributed by atoms with Crippen LogP contribution in [0.5, 0.6) is 0 Å². The Morgan fingerprint density at radius 3 is 2.15 bits per heavy atom. The lowest BCUT2D eigenvalue weighted by Crippen LogP contribution is -2.42. The summed E-state index contributed by atoms with van der Waals surface area (Å²) >= 11 is 0. The molecule has 2 N–H and O–H groups in total. The highest BCUT2D eigenvalue weighted by Crippen LogP contribution is 2.19. The molecular weight excluding hydrogens is 172 g/mol. The summed E-state index contributed by atoms with van der Waals surface area (Å²) in [6, 6.07) is 0. The van der Waals surface area contributed by atoms with Crippen LogP contribution in [0.2, 0.25) is 0 Å². The number of hydrogen-bond donors (Lipinski definition) is 2. The molecule has 0 aliphatic carbocycles. The average molecular weight is 192 g/mol. The van der Waals surface area contributed by atoms with E-state index in [0.29, 0.717) is 12.8 Å². The van der Waals surface area contributed by atoms with Crippen molar-refractivity contribution < 1.29 is 19.7 Å². The molecule has 0 amide bonds. The van der Waals surface area contributed by atoms with E-state index in [9.17, 15) is 0 Å². The second-order valence-electron chi connectivity index (χ2n) is 2.96. The first-order chi connectivity index (χ1) is 6.17. The summed E-state index contributed by atoms with van der Waals surface area (Å²) in [4.78, 5) is 0. The highest BCUT2D eigenvalue weighted by Gasteiger charge is 2.30. The van der Waals surface area contributed by atoms with Gasteiger partial charge in [-0.1, -0.05) is 13.8 Å². The van der Waals surface area contributed by atoms with Crippen molar-refractivity contribution in [2.75, 3.05) is 20.3 Å². The van der Waals surface area contributed by atoms with Crippen molar-refractivity contribution in [2.45, 2.75) is 38.6 Å². The van der Waals surface area contributed by atoms with Gasteiger partial charge in [0.15, 0.2) is 5.79 Å². The molecule has 0 saturated carbocycles. The SMILES string of the molecule is CC[C@H](CO)O[C@](CC)(CO)OC. The fourth-order valence-electron chi connectivity index (χ4n) is 1.04. The molecule has 4 nitrogen and oxygen atoms in total. The molecule has 0 fully saturated rings. The van der Waals surface area contributed by atoms with Gasteiger partial charge in [0, 0.05) is 13.5 Å². The van der Waals surface area contributed by atoms with E-state index < -0.39 is 5.79 Å². The Kier molecular flexibility index (Phi) is 6.24. The van der Waals surface area contributed by atoms with Crippen molar-refractivity contribution in [3.8, 4) is 0 Å². The predicted octanol–water partition coefficient (Wildman–Crippen LogP) is 0.519. The molecule has 0 bridgehead atoms. The maximum Gasteiger partial charge on any atom is 0.191 e. The molecule has 0 heterocycles. The smallest absolute Gasteiger partial charge is 0.191 e. The van der Waals surface area contributed by atoms with E-state index in [4.69, 9.17) is 19.7 Å². The first-order valence-electron chi connectivity index (χ1n) is 4.62. The van der Waals surface area contributed by atoms with Crippen LogP contribution in [0.15, 0.2) is 0 Å². The molecule has 0 saturated heterocycles. The lowest BCUT2D eigenvalue weighted by atomic mass is 10.2. The number of methoxy groups -OCH3 is 1. The Hall–Kier alpha value is -0.160. The molecule has 0 spiro atoms. The third-order valence-corrected chi connectivity index (χ3v) is 2.19. The van der Waals surface area contributed by atoms with E-state index in [1.54, 1.807) is 0 Å². The molecule has 0 unspecified atom stereocenters. The van der Waals surface area contributed by atoms with Gasteiger partial charge in [-0.25, -0.2) is 0 Å². The lowest BCUT2D eigenvalue weighted by molar-refractivity contribution is -0.268. The minimum atomic E-state index is -0.955. The van der Waals surface area contributed by atoms with Crippen molar-refractivity contribution in [1.29, 1.82) is 0 Å². The molecule has 2 atom stereocenters. The Morgan fingerprint density at radius 2 is 1.92 bits per heavy atom. The third kappa shape index (κ3) is 3.60. The number of hydrogen-bond acceptors (Lipinski definition) is 4. The van der Waals surface area contributed by atoms with Gasteiger partial charge in [-0.05, 0) is 6.42 Å². The predicted molar refractivity (Wildman–Crippen MR) is 49.4 cm³/mol. The second kappa shape index (κ2) is 6.32. The first kappa shape index (κ1) is 12.8. The number of aliphatic hydroxyl groups excluding tert-OH is 2. The number of ether oxygens (including phenoxy) is 2. The molecule has 0 aromatic heterocycles. The van der Waals surface area contributed by atoms with Crippen LogP contribution in [0.1, 0.15) is 26.7 Å². The number of aliphatic hydroxyl groups is 2. The van der Waals surface area contributed by atoms with Gasteiger partial charge in [0.1, 0.15) is 0 Å². The standard InChI is InChI=1S/C9H20O4/c1-4-8(6-10)13-9(5-2,7-11)12-3/h8,10-11H,4-7H2,1-3H3/t8-,9-/m1/s1. The van der Waals surface area contributed by atoms with Gasteiger partial charge in [-0.3, -0.25) is 0 Å². The van der Waals surface area contributed by atoms with E-state index in [2.05, 4.69) is 0 Å². The Bertz CT molecular complexity index is 111. The zero-order chi connectivity index (χ0) is 10.3. The molecule has 0 aromatic carbocycles. The maximum atomic E-state index is 9.08. The molecular formula is C9H20O4. The minimum Gasteiger partial charge on any atom is -0.394 e. The van der Waals surface area contributed by atoms with Crippen molar-refractivity contribution >= 4 is 0 Å². The highest BCUT2D eigenvalue weighted by molar-refractivity contribution is 4.68. The third-order valence-electron chi connectivity index (χ3n) is 2.19. The van der Waals surface area contributed by atoms with E-state index in [1.807, 2.05) is 13.8 Å². The summed E-state index contributed by atoms with van der Waals surface area (Å²) in [6.45, 7) is 3.52. The fourth-order valence-corrected chi connectivity index (χ4v) is 1.04. The number of rotatable bonds is 7. The molecule has 0 rings (SSSR count). The minimum absolute atomic E-state index is 0.0540. The van der Waals surface area contributed by atoms with Crippen LogP contribution in [-0.2, 0) is 9.47 Å². The molecule has 80 valence electrons. The van der Waals surface area contributed by atoms with Crippen LogP contribution in [-0.4, -0.2) is 42.4 Å². The van der Waals surface area contributed by atoms with Gasteiger partial charge >= 0.3 is 0 Å². The van der Waals surface area contributed by atoms with E-state index in [1.165, 1.54) is 7.11 Å². The summed E-state index contributed by atoms with van der Waals surface area (Å²) in [5, 5.41) is 18.0. The topological polar surface area (TPSA) is 58.9 Å². The van der Waals surface area contributed by atoms with E-state index in [-0.39, 0.29) is 19.3 Å². The Balaban J connectivity index is 4.21. The Morgan fingerprint density at radius 1 is 1.31 bits per heavy atom. The largest absolute Gasteiger partial charge is 0.394 e. The molecule has 13 heavy (non-hydrogen) atoms. The van der Waals surface area contributed by atoms with Gasteiger partial charge in [-0.15, -0.1) is 0 Å². The highest BCUT2D eigenvalue weighted by atomic mass is 16.7. The van der Waals surface area contributed by atoms with Crippen molar-refractivity contribution in [3.05, 3.63) is 0 Å². The van der Waals surface area contributed by atoms with Crippen molar-refractivity contribution in [3.63, 3.8) is 0 Å². The second-order valence-corrected chi connectivity index (χ2v) is 2.96. The molecule has 4 heteroatoms. The fraction of sp³-hybridized carbons (Fsp3) is 1.00. The summed E-state index contributed by atoms with van der Waals surface area (Å²) in [5.74, 6) is -0.955. The van der Waals surface area contributed by atoms with Crippen LogP contribution in [0.25, 0.3) is 0 Å². The van der Waals surface area contributed by atoms with Crippen LogP contribution >= 0.6 is 0 Å². The zero-order valence-corrected chi connectivity index (χ0v) is 8.62. The quantitative estimate of drug-likeness (QED) is 0.577. The van der Waals surface area contributed by atoms with Crippen LogP contribution in [0, 0.1) is 0 Å². The Labute approximate surface area is 79.5 Å². The maximum absolute atomic E-state index is 9.08. The molecule has 0 aliphatic heterocycles. The normalized spacial score (nSPS) is 18.2. The van der Waals surface area contributed by atoms with E-state index in [0.717, 1.165) is 0 Å². The molecule has 0 aromatic rings. The van der Waals surface area contributed by atoms with Gasteiger partial charge in [0.2, 0.25) is 0 Å². The van der Waals surface area contributed by atoms with Gasteiger partial charge in [-0.2, -0.15) is 0 Å². The van der Waals surface area contributed by atoms with Crippen molar-refractivity contribution in [1.82, 2.24) is 0 Å². The van der Waals surface area contributed by atoms with E-state index >= 15 is 0 Å². The summed E-state index contributed by atoms with van der Waals surface area (Å²) in [6.07, 6.45) is 0.977. The lowest BCUT2D eigenvalue weighted by Gasteiger charge is -2.32. The van der Waals surface area contributed by atoms with Crippen LogP contribution < -0.4 is 0 Å². The van der Waals surface area contributed by atoms with Gasteiger partial charge < -0.3 is 19.7 Å². The zero-order valence-electron chi connectivity index (χ0n) is 8.62. The monoisotopic (exact) mass is 192 g/mol. The average Bonchev–Trinajstić information content (AvgIpc) is 2.21. The summed E-state index contributed by atoms with van der Waals surface area (Å²) < 4.78 is 10.5. The van der Waals surface area contributed by atoms with Crippen molar-refractivity contribution in [2.24, 2.45) is 0 Å². The van der Waals surface area contributed by atoms with Crippen LogP contribution in [0.4, 0.5) is 0 Å². The van der Waals surface area contributed by atoms with Gasteiger partial charge in [0.25, 0.3) is 0 Å². The molecule has 0 aliphatic rings. The summed E-state index contributed by atoms with van der Waals surface area (Å²) in [7, 11) is 1.49. The van der Waals surface area contributed by atoms with Gasteiger partial charge in [0.05, 0.1) is 19.3 Å². The first-order valence-corrected chi connectivity index (χ1v) is 4.62. The summed E-state index contributed by atoms with van der Waals surface area (Å²) in [5.41, 5.74) is 0. The molecule has 0 radical (unpaired) electrons. The van der Waals surface area contributed by atoms with Crippen LogP contribution in [0.3, 0.4) is 0 Å².